The minimum absolute atomic E-state index is 0.240. The number of carboxylic acids is 1. The second-order valence-corrected chi connectivity index (χ2v) is 4.08. The molecule has 0 aliphatic rings. The Bertz CT molecular complexity index is 505. The van der Waals surface area contributed by atoms with Crippen LogP contribution in [0.3, 0.4) is 0 Å². The van der Waals surface area contributed by atoms with Crippen LogP contribution in [-0.4, -0.2) is 40.2 Å². The van der Waals surface area contributed by atoms with Crippen molar-refractivity contribution in [2.45, 2.75) is 12.7 Å². The summed E-state index contributed by atoms with van der Waals surface area (Å²) < 4.78 is 37.0. The molecular weight excluding hydrogens is 281 g/mol. The van der Waals surface area contributed by atoms with Gasteiger partial charge in [-0.3, -0.25) is 19.8 Å². The molecule has 9 heteroatoms. The van der Waals surface area contributed by atoms with Gasteiger partial charge in [0.2, 0.25) is 0 Å². The van der Waals surface area contributed by atoms with Crippen molar-refractivity contribution in [2.24, 2.45) is 0 Å². The van der Waals surface area contributed by atoms with Gasteiger partial charge in [0.05, 0.1) is 18.0 Å². The van der Waals surface area contributed by atoms with Crippen LogP contribution >= 0.6 is 0 Å². The topological polar surface area (TPSA) is 83.7 Å². The maximum atomic E-state index is 12.3. The van der Waals surface area contributed by atoms with Crippen LogP contribution in [0.1, 0.15) is 5.56 Å². The highest BCUT2D eigenvalue weighted by molar-refractivity contribution is 5.69. The molecule has 0 fully saturated rings. The van der Waals surface area contributed by atoms with E-state index >= 15 is 0 Å². The third-order valence-corrected chi connectivity index (χ3v) is 2.29. The molecule has 110 valence electrons. The lowest BCUT2D eigenvalue weighted by Gasteiger charge is -2.21. The van der Waals surface area contributed by atoms with E-state index in [4.69, 9.17) is 5.11 Å². The van der Waals surface area contributed by atoms with Crippen LogP contribution in [0.2, 0.25) is 0 Å². The van der Waals surface area contributed by atoms with E-state index < -0.39 is 30.2 Å². The van der Waals surface area contributed by atoms with Crippen LogP contribution in [0, 0.1) is 10.1 Å². The predicted octanol–water partition coefficient (Wildman–Crippen LogP) is 2.04. The number of rotatable bonds is 6. The number of hydrogen-bond acceptors (Lipinski definition) is 4. The SMILES string of the molecule is O=C(O)CN(Cc1cccc([N+](=O)[O-])c1)CC(F)(F)F. The normalized spacial score (nSPS) is 11.6. The predicted molar refractivity (Wildman–Crippen MR) is 62.1 cm³/mol. The van der Waals surface area contributed by atoms with Crippen LogP contribution in [0.15, 0.2) is 24.3 Å². The molecule has 1 aromatic carbocycles. The standard InChI is InChI=1S/C11H11F3N2O4/c12-11(13,14)7-15(6-10(17)18)5-8-2-1-3-9(4-8)16(19)20/h1-4H,5-7H2,(H,17,18). The summed E-state index contributed by atoms with van der Waals surface area (Å²) in [6.45, 7) is -2.54. The van der Waals surface area contributed by atoms with E-state index in [1.807, 2.05) is 0 Å². The van der Waals surface area contributed by atoms with Crippen LogP contribution in [0.5, 0.6) is 0 Å². The van der Waals surface area contributed by atoms with Crippen molar-refractivity contribution < 1.29 is 28.0 Å². The Kier molecular flexibility index (Phi) is 5.03. The molecule has 0 aliphatic carbocycles. The Morgan fingerprint density at radius 3 is 2.55 bits per heavy atom. The van der Waals surface area contributed by atoms with Crippen molar-refractivity contribution in [2.75, 3.05) is 13.1 Å². The summed E-state index contributed by atoms with van der Waals surface area (Å²) in [7, 11) is 0. The zero-order valence-electron chi connectivity index (χ0n) is 10.1. The fraction of sp³-hybridized carbons (Fsp3) is 0.364. The molecule has 0 aromatic heterocycles. The number of nitrogens with zero attached hydrogens (tertiary/aromatic N) is 2. The van der Waals surface area contributed by atoms with Crippen LogP contribution < -0.4 is 0 Å². The Hall–Kier alpha value is -2.16. The second kappa shape index (κ2) is 6.33. The average Bonchev–Trinajstić information content (AvgIpc) is 2.25. The number of carboxylic acid groups (broad SMARTS) is 1. The maximum Gasteiger partial charge on any atom is 0.401 e. The number of nitro groups is 1. The van der Waals surface area contributed by atoms with Gasteiger partial charge in [0, 0.05) is 18.7 Å². The molecule has 0 saturated carbocycles. The van der Waals surface area contributed by atoms with Gasteiger partial charge in [-0.25, -0.2) is 0 Å². The number of halogens is 3. The van der Waals surface area contributed by atoms with Crippen molar-refractivity contribution in [1.29, 1.82) is 0 Å². The minimum atomic E-state index is -4.55. The zero-order chi connectivity index (χ0) is 15.3. The van der Waals surface area contributed by atoms with Crippen LogP contribution in [-0.2, 0) is 11.3 Å². The highest BCUT2D eigenvalue weighted by Gasteiger charge is 2.31. The van der Waals surface area contributed by atoms with Crippen molar-refractivity contribution in [1.82, 2.24) is 4.90 Å². The Morgan fingerprint density at radius 2 is 2.05 bits per heavy atom. The zero-order valence-corrected chi connectivity index (χ0v) is 10.1. The summed E-state index contributed by atoms with van der Waals surface area (Å²) >= 11 is 0. The number of nitro benzene ring substituents is 1. The molecule has 0 saturated heterocycles. The smallest absolute Gasteiger partial charge is 0.401 e. The number of non-ortho nitro benzene ring substituents is 1. The third-order valence-electron chi connectivity index (χ3n) is 2.29. The summed E-state index contributed by atoms with van der Waals surface area (Å²) in [5, 5.41) is 19.1. The minimum Gasteiger partial charge on any atom is -0.480 e. The molecule has 0 spiro atoms. The summed E-state index contributed by atoms with van der Waals surface area (Å²) in [6.07, 6.45) is -4.55. The van der Waals surface area contributed by atoms with Gasteiger partial charge in [0.25, 0.3) is 5.69 Å². The van der Waals surface area contributed by atoms with E-state index in [0.29, 0.717) is 4.90 Å². The van der Waals surface area contributed by atoms with E-state index in [2.05, 4.69) is 0 Å². The van der Waals surface area contributed by atoms with E-state index in [-0.39, 0.29) is 17.8 Å². The fourth-order valence-electron chi connectivity index (χ4n) is 1.64. The van der Waals surface area contributed by atoms with Crippen molar-refractivity contribution in [3.8, 4) is 0 Å². The molecule has 1 rings (SSSR count). The van der Waals surface area contributed by atoms with Crippen LogP contribution in [0.4, 0.5) is 18.9 Å². The highest BCUT2D eigenvalue weighted by atomic mass is 19.4. The number of benzene rings is 1. The van der Waals surface area contributed by atoms with Crippen LogP contribution in [0.25, 0.3) is 0 Å². The monoisotopic (exact) mass is 292 g/mol. The first-order valence-corrected chi connectivity index (χ1v) is 5.41. The molecule has 0 aliphatic heterocycles. The van der Waals surface area contributed by atoms with Gasteiger partial charge in [-0.15, -0.1) is 0 Å². The van der Waals surface area contributed by atoms with Gasteiger partial charge >= 0.3 is 12.1 Å². The van der Waals surface area contributed by atoms with Gasteiger partial charge in [-0.05, 0) is 5.56 Å². The lowest BCUT2D eigenvalue weighted by Crippen LogP contribution is -2.37. The van der Waals surface area contributed by atoms with Gasteiger partial charge in [0.15, 0.2) is 0 Å². The maximum absolute atomic E-state index is 12.3. The van der Waals surface area contributed by atoms with E-state index in [0.717, 1.165) is 6.07 Å². The van der Waals surface area contributed by atoms with E-state index in [1.165, 1.54) is 18.2 Å². The third kappa shape index (κ3) is 5.65. The van der Waals surface area contributed by atoms with E-state index in [1.54, 1.807) is 0 Å². The first-order chi connectivity index (χ1) is 9.17. The number of aliphatic carboxylic acids is 1. The molecule has 0 radical (unpaired) electrons. The highest BCUT2D eigenvalue weighted by Crippen LogP contribution is 2.19. The molecule has 0 unspecified atom stereocenters. The Balaban J connectivity index is 2.85. The molecule has 0 amide bonds. The quantitative estimate of drug-likeness (QED) is 0.640. The van der Waals surface area contributed by atoms with Gasteiger partial charge in [0.1, 0.15) is 0 Å². The molecular formula is C11H11F3N2O4. The molecule has 20 heavy (non-hydrogen) atoms. The molecule has 1 N–H and O–H groups in total. The first kappa shape index (κ1) is 15.9. The van der Waals surface area contributed by atoms with Crippen molar-refractivity contribution >= 4 is 11.7 Å². The molecule has 1 aromatic rings. The average molecular weight is 292 g/mol. The fourth-order valence-corrected chi connectivity index (χ4v) is 1.64. The molecule has 6 nitrogen and oxygen atoms in total. The summed E-state index contributed by atoms with van der Waals surface area (Å²) in [4.78, 5) is 21.1. The molecule has 0 bridgehead atoms. The second-order valence-electron chi connectivity index (χ2n) is 4.08. The van der Waals surface area contributed by atoms with Crippen molar-refractivity contribution in [3.05, 3.63) is 39.9 Å². The Morgan fingerprint density at radius 1 is 1.40 bits per heavy atom. The first-order valence-electron chi connectivity index (χ1n) is 5.41. The van der Waals surface area contributed by atoms with Gasteiger partial charge in [-0.2, -0.15) is 13.2 Å². The lowest BCUT2D eigenvalue weighted by molar-refractivity contribution is -0.384. The number of hydrogen-bond donors (Lipinski definition) is 1. The van der Waals surface area contributed by atoms with Gasteiger partial charge in [-0.1, -0.05) is 12.1 Å². The Labute approximate surface area is 111 Å². The van der Waals surface area contributed by atoms with Gasteiger partial charge < -0.3 is 5.11 Å². The molecule has 0 heterocycles. The molecule has 0 atom stereocenters. The summed E-state index contributed by atoms with van der Waals surface area (Å²) in [6, 6.07) is 5.05. The van der Waals surface area contributed by atoms with E-state index in [9.17, 15) is 28.1 Å². The number of carbonyl (C=O) groups is 1. The summed E-state index contributed by atoms with van der Waals surface area (Å²) in [5.41, 5.74) is -0.0190. The largest absolute Gasteiger partial charge is 0.480 e. The number of alkyl halides is 3. The lowest BCUT2D eigenvalue weighted by atomic mass is 10.2. The van der Waals surface area contributed by atoms with Crippen molar-refractivity contribution in [3.63, 3.8) is 0 Å². The summed E-state index contributed by atoms with van der Waals surface area (Å²) in [5.74, 6) is -1.40.